The maximum atomic E-state index is 11.7. The summed E-state index contributed by atoms with van der Waals surface area (Å²) in [5, 5.41) is 10.7. The van der Waals surface area contributed by atoms with Gasteiger partial charge in [-0.3, -0.25) is 9.89 Å². The van der Waals surface area contributed by atoms with Crippen molar-refractivity contribution in [3.8, 4) is 0 Å². The number of aromatic amines is 1. The molecule has 0 fully saturated rings. The fourth-order valence-electron chi connectivity index (χ4n) is 1.59. The zero-order valence-corrected chi connectivity index (χ0v) is 11.2. The fourth-order valence-corrected chi connectivity index (χ4v) is 1.59. The molecule has 0 atom stereocenters. The number of benzene rings is 1. The maximum absolute atomic E-state index is 11.7. The Balaban J connectivity index is 2.06. The number of H-pyrrole nitrogens is 1. The Hall–Kier alpha value is -2.43. The molecule has 98 valence electrons. The van der Waals surface area contributed by atoms with Crippen molar-refractivity contribution < 1.29 is 4.79 Å². The lowest BCUT2D eigenvalue weighted by atomic mass is 10.1. The predicted octanol–water partition coefficient (Wildman–Crippen LogP) is 2.18. The Morgan fingerprint density at radius 2 is 1.95 bits per heavy atom. The summed E-state index contributed by atoms with van der Waals surface area (Å²) in [6, 6.07) is 9.63. The number of hydrogen-bond donors (Lipinski definition) is 2. The molecule has 2 aromatic rings. The van der Waals surface area contributed by atoms with Gasteiger partial charge in [0.15, 0.2) is 5.69 Å². The van der Waals surface area contributed by atoms with Gasteiger partial charge in [0.25, 0.3) is 5.91 Å². The minimum absolute atomic E-state index is 0.323. The summed E-state index contributed by atoms with van der Waals surface area (Å²) in [5.41, 5.74) is 6.57. The average molecular weight is 256 g/mol. The van der Waals surface area contributed by atoms with Crippen molar-refractivity contribution in [2.75, 3.05) is 0 Å². The number of hydrazone groups is 1. The normalized spacial score (nSPS) is 11.4. The quantitative estimate of drug-likeness (QED) is 0.652. The molecule has 0 spiro atoms. The molecule has 2 rings (SSSR count). The summed E-state index contributed by atoms with van der Waals surface area (Å²) in [5.74, 6) is -0.323. The number of carbonyl (C=O) groups excluding carboxylic acids is 1. The second kappa shape index (κ2) is 5.48. The number of nitrogens with one attached hydrogen (secondary N) is 2. The van der Waals surface area contributed by atoms with E-state index in [1.165, 1.54) is 5.56 Å². The lowest BCUT2D eigenvalue weighted by Gasteiger charge is -2.02. The van der Waals surface area contributed by atoms with Gasteiger partial charge in [-0.2, -0.15) is 10.2 Å². The molecule has 0 bridgehead atoms. The van der Waals surface area contributed by atoms with Gasteiger partial charge >= 0.3 is 0 Å². The van der Waals surface area contributed by atoms with Gasteiger partial charge in [0, 0.05) is 5.69 Å². The number of hydrogen-bond acceptors (Lipinski definition) is 3. The van der Waals surface area contributed by atoms with Crippen molar-refractivity contribution in [2.45, 2.75) is 20.8 Å². The van der Waals surface area contributed by atoms with Gasteiger partial charge in [-0.05, 0) is 32.4 Å². The molecule has 1 aromatic heterocycles. The van der Waals surface area contributed by atoms with E-state index in [4.69, 9.17) is 0 Å². The molecule has 2 N–H and O–H groups in total. The number of aromatic nitrogens is 2. The third kappa shape index (κ3) is 3.28. The van der Waals surface area contributed by atoms with E-state index in [0.29, 0.717) is 5.69 Å². The first kappa shape index (κ1) is 13.0. The van der Waals surface area contributed by atoms with E-state index in [0.717, 1.165) is 17.0 Å². The van der Waals surface area contributed by atoms with Gasteiger partial charge in [0.2, 0.25) is 0 Å². The van der Waals surface area contributed by atoms with Crippen LogP contribution in [0.25, 0.3) is 0 Å². The third-order valence-electron chi connectivity index (χ3n) is 2.73. The monoisotopic (exact) mass is 256 g/mol. The van der Waals surface area contributed by atoms with Crippen LogP contribution in [0, 0.1) is 13.8 Å². The minimum atomic E-state index is -0.323. The molecule has 0 saturated carbocycles. The Morgan fingerprint density at radius 1 is 1.26 bits per heavy atom. The second-order valence-corrected chi connectivity index (χ2v) is 4.44. The molecule has 0 unspecified atom stereocenters. The lowest BCUT2D eigenvalue weighted by Crippen LogP contribution is -2.19. The van der Waals surface area contributed by atoms with Crippen LogP contribution in [0.4, 0.5) is 0 Å². The Kier molecular flexibility index (Phi) is 3.75. The molecule has 0 aliphatic heterocycles. The van der Waals surface area contributed by atoms with Gasteiger partial charge in [0.05, 0.1) is 5.71 Å². The van der Waals surface area contributed by atoms with Crippen LogP contribution in [0.15, 0.2) is 35.4 Å². The number of nitrogens with zero attached hydrogens (tertiary/aromatic N) is 2. The molecule has 0 radical (unpaired) electrons. The van der Waals surface area contributed by atoms with E-state index < -0.39 is 0 Å². The van der Waals surface area contributed by atoms with E-state index in [2.05, 4.69) is 20.7 Å². The first-order valence-corrected chi connectivity index (χ1v) is 6.00. The molecule has 19 heavy (non-hydrogen) atoms. The Bertz CT molecular complexity index is 611. The summed E-state index contributed by atoms with van der Waals surface area (Å²) >= 11 is 0. The third-order valence-corrected chi connectivity index (χ3v) is 2.73. The van der Waals surface area contributed by atoms with Crippen LogP contribution >= 0.6 is 0 Å². The van der Waals surface area contributed by atoms with E-state index in [-0.39, 0.29) is 5.91 Å². The highest BCUT2D eigenvalue weighted by molar-refractivity contribution is 6.00. The molecule has 1 amide bonds. The highest BCUT2D eigenvalue weighted by Crippen LogP contribution is 2.04. The fraction of sp³-hybridized carbons (Fsp3) is 0.214. The number of amides is 1. The van der Waals surface area contributed by atoms with E-state index >= 15 is 0 Å². The largest absolute Gasteiger partial charge is 0.291 e. The zero-order valence-electron chi connectivity index (χ0n) is 11.2. The molecular formula is C14H16N4O. The smallest absolute Gasteiger partial charge is 0.282 e. The van der Waals surface area contributed by atoms with Gasteiger partial charge in [-0.1, -0.05) is 29.8 Å². The van der Waals surface area contributed by atoms with Crippen LogP contribution in [-0.4, -0.2) is 21.8 Å². The Labute approximate surface area is 111 Å². The standard InChI is InChI=1S/C14H16N4O/c1-9-4-6-12(7-5-9)11(3)16-18-14(19)13-8-10(2)15-17-13/h4-8H,1-3H3,(H,15,17)(H,18,19)/b16-11+. The van der Waals surface area contributed by atoms with Crippen LogP contribution in [-0.2, 0) is 0 Å². The summed E-state index contributed by atoms with van der Waals surface area (Å²) in [6.45, 7) is 5.71. The number of aryl methyl sites for hydroxylation is 2. The molecule has 5 nitrogen and oxygen atoms in total. The lowest BCUT2D eigenvalue weighted by molar-refractivity contribution is 0.0950. The van der Waals surface area contributed by atoms with Crippen molar-refractivity contribution in [1.82, 2.24) is 15.6 Å². The zero-order chi connectivity index (χ0) is 13.8. The first-order chi connectivity index (χ1) is 9.06. The van der Waals surface area contributed by atoms with Crippen LogP contribution < -0.4 is 5.43 Å². The van der Waals surface area contributed by atoms with Gasteiger partial charge in [0.1, 0.15) is 0 Å². The molecule has 0 saturated heterocycles. The van der Waals surface area contributed by atoms with Crippen LogP contribution in [0.2, 0.25) is 0 Å². The molecule has 1 heterocycles. The molecule has 1 aromatic carbocycles. The molecule has 0 aliphatic rings. The van der Waals surface area contributed by atoms with Crippen LogP contribution in [0.5, 0.6) is 0 Å². The molecule has 5 heteroatoms. The maximum Gasteiger partial charge on any atom is 0.291 e. The SMILES string of the molecule is C/C(=N\NC(=O)c1cc(C)[nH]n1)c1ccc(C)cc1. The van der Waals surface area contributed by atoms with Crippen molar-refractivity contribution >= 4 is 11.6 Å². The average Bonchev–Trinajstić information content (AvgIpc) is 2.83. The highest BCUT2D eigenvalue weighted by Gasteiger charge is 2.08. The Morgan fingerprint density at radius 3 is 2.53 bits per heavy atom. The topological polar surface area (TPSA) is 70.1 Å². The summed E-state index contributed by atoms with van der Waals surface area (Å²) in [7, 11) is 0. The first-order valence-electron chi connectivity index (χ1n) is 6.00. The van der Waals surface area contributed by atoms with E-state index in [1.54, 1.807) is 6.07 Å². The second-order valence-electron chi connectivity index (χ2n) is 4.44. The van der Waals surface area contributed by atoms with Gasteiger partial charge in [-0.25, -0.2) is 5.43 Å². The number of carbonyl (C=O) groups is 1. The van der Waals surface area contributed by atoms with Crippen molar-refractivity contribution in [2.24, 2.45) is 5.10 Å². The molecular weight excluding hydrogens is 240 g/mol. The van der Waals surface area contributed by atoms with E-state index in [9.17, 15) is 4.79 Å². The minimum Gasteiger partial charge on any atom is -0.282 e. The summed E-state index contributed by atoms with van der Waals surface area (Å²) in [6.07, 6.45) is 0. The predicted molar refractivity (Wildman–Crippen MR) is 74.2 cm³/mol. The number of rotatable bonds is 3. The van der Waals surface area contributed by atoms with Gasteiger partial charge < -0.3 is 0 Å². The van der Waals surface area contributed by atoms with Crippen LogP contribution in [0.3, 0.4) is 0 Å². The van der Waals surface area contributed by atoms with Crippen LogP contribution in [0.1, 0.15) is 34.2 Å². The van der Waals surface area contributed by atoms with Crippen molar-refractivity contribution in [3.63, 3.8) is 0 Å². The van der Waals surface area contributed by atoms with Crippen molar-refractivity contribution in [3.05, 3.63) is 52.8 Å². The summed E-state index contributed by atoms with van der Waals surface area (Å²) < 4.78 is 0. The highest BCUT2D eigenvalue weighted by atomic mass is 16.2. The van der Waals surface area contributed by atoms with E-state index in [1.807, 2.05) is 45.0 Å². The summed E-state index contributed by atoms with van der Waals surface area (Å²) in [4.78, 5) is 11.7. The molecule has 0 aliphatic carbocycles. The van der Waals surface area contributed by atoms with Gasteiger partial charge in [-0.15, -0.1) is 0 Å². The van der Waals surface area contributed by atoms with Crippen molar-refractivity contribution in [1.29, 1.82) is 0 Å².